The van der Waals surface area contributed by atoms with Gasteiger partial charge in [-0.15, -0.1) is 0 Å². The van der Waals surface area contributed by atoms with Gasteiger partial charge in [-0.25, -0.2) is 4.39 Å². The summed E-state index contributed by atoms with van der Waals surface area (Å²) in [7, 11) is 0. The Kier molecular flexibility index (Phi) is 4.73. The van der Waals surface area contributed by atoms with Crippen molar-refractivity contribution in [1.29, 1.82) is 5.26 Å². The summed E-state index contributed by atoms with van der Waals surface area (Å²) in [4.78, 5) is 12.2. The predicted octanol–water partition coefficient (Wildman–Crippen LogP) is 4.32. The van der Waals surface area contributed by atoms with Gasteiger partial charge in [0, 0.05) is 13.7 Å². The van der Waals surface area contributed by atoms with Crippen molar-refractivity contribution < 1.29 is 9.18 Å². The van der Waals surface area contributed by atoms with Crippen molar-refractivity contribution in [1.82, 2.24) is 0 Å². The van der Waals surface area contributed by atoms with E-state index in [0.717, 1.165) is 9.64 Å². The van der Waals surface area contributed by atoms with Crippen molar-refractivity contribution in [3.05, 3.63) is 61.4 Å². The Morgan fingerprint density at radius 3 is 2.75 bits per heavy atom. The minimum Gasteiger partial charge on any atom is -0.322 e. The molecule has 0 aliphatic rings. The van der Waals surface area contributed by atoms with Crippen LogP contribution in [0.5, 0.6) is 0 Å². The second kappa shape index (κ2) is 6.33. The number of benzene rings is 2. The number of carbonyl (C=O) groups excluding carboxylic acids is 1. The van der Waals surface area contributed by atoms with E-state index in [9.17, 15) is 9.18 Å². The zero-order chi connectivity index (χ0) is 14.7. The number of rotatable bonds is 2. The third-order valence-corrected chi connectivity index (χ3v) is 3.88. The van der Waals surface area contributed by atoms with Gasteiger partial charge in [0.1, 0.15) is 11.9 Å². The maximum absolute atomic E-state index is 13.2. The molecule has 2 aromatic carbocycles. The van der Waals surface area contributed by atoms with E-state index in [1.807, 2.05) is 6.07 Å². The van der Waals surface area contributed by atoms with E-state index in [-0.39, 0.29) is 11.5 Å². The molecular weight excluding hydrogens is 438 g/mol. The molecular formula is C14H7BrFIN2O. The summed E-state index contributed by atoms with van der Waals surface area (Å²) in [5.74, 6) is -0.938. The number of nitrogens with one attached hydrogen (secondary N) is 1. The normalized spacial score (nSPS) is 9.90. The third-order valence-electron chi connectivity index (χ3n) is 2.52. The van der Waals surface area contributed by atoms with E-state index in [0.29, 0.717) is 15.7 Å². The van der Waals surface area contributed by atoms with Crippen LogP contribution in [-0.4, -0.2) is 5.91 Å². The number of amides is 1. The van der Waals surface area contributed by atoms with Gasteiger partial charge in [-0.2, -0.15) is 5.26 Å². The molecule has 0 fully saturated rings. The van der Waals surface area contributed by atoms with Crippen molar-refractivity contribution in [3.8, 4) is 6.07 Å². The van der Waals surface area contributed by atoms with Gasteiger partial charge >= 0.3 is 0 Å². The molecule has 0 saturated carbocycles. The van der Waals surface area contributed by atoms with Gasteiger partial charge < -0.3 is 5.32 Å². The molecule has 0 unspecified atom stereocenters. The van der Waals surface area contributed by atoms with Crippen LogP contribution in [0.25, 0.3) is 0 Å². The lowest BCUT2D eigenvalue weighted by Gasteiger charge is -2.08. The molecule has 100 valence electrons. The van der Waals surface area contributed by atoms with Gasteiger partial charge in [-0.05, 0) is 74.9 Å². The molecule has 2 rings (SSSR count). The van der Waals surface area contributed by atoms with Crippen molar-refractivity contribution >= 4 is 50.1 Å². The van der Waals surface area contributed by atoms with Crippen molar-refractivity contribution in [3.63, 3.8) is 0 Å². The molecule has 3 nitrogen and oxygen atoms in total. The Balaban J connectivity index is 2.28. The molecule has 0 aliphatic carbocycles. The molecule has 0 aliphatic heterocycles. The van der Waals surface area contributed by atoms with Crippen LogP contribution in [0, 0.1) is 20.7 Å². The maximum Gasteiger partial charge on any atom is 0.256 e. The summed E-state index contributed by atoms with van der Waals surface area (Å²) in [6.07, 6.45) is 0. The van der Waals surface area contributed by atoms with Gasteiger partial charge in [0.05, 0.1) is 11.1 Å². The number of halogens is 3. The molecule has 0 spiro atoms. The van der Waals surface area contributed by atoms with E-state index in [1.165, 1.54) is 12.1 Å². The minimum atomic E-state index is -0.610. The molecule has 0 radical (unpaired) electrons. The fraction of sp³-hybridized carbons (Fsp3) is 0. The second-order valence-corrected chi connectivity index (χ2v) is 5.98. The van der Waals surface area contributed by atoms with Crippen LogP contribution in [0.15, 0.2) is 40.9 Å². The summed E-state index contributed by atoms with van der Waals surface area (Å²) in [5.41, 5.74) is 0.739. The quantitative estimate of drug-likeness (QED) is 0.701. The average molecular weight is 445 g/mol. The van der Waals surface area contributed by atoms with Gasteiger partial charge in [0.25, 0.3) is 5.91 Å². The molecule has 0 bridgehead atoms. The van der Waals surface area contributed by atoms with Crippen LogP contribution in [-0.2, 0) is 0 Å². The summed E-state index contributed by atoms with van der Waals surface area (Å²) < 4.78 is 14.8. The average Bonchev–Trinajstić information content (AvgIpc) is 2.43. The molecule has 0 atom stereocenters. The van der Waals surface area contributed by atoms with Crippen LogP contribution in [0.4, 0.5) is 10.1 Å². The highest BCUT2D eigenvalue weighted by atomic mass is 127. The van der Waals surface area contributed by atoms with Crippen LogP contribution in [0.2, 0.25) is 0 Å². The zero-order valence-corrected chi connectivity index (χ0v) is 13.7. The monoisotopic (exact) mass is 444 g/mol. The van der Waals surface area contributed by atoms with E-state index < -0.39 is 5.82 Å². The number of hydrogen-bond acceptors (Lipinski definition) is 2. The van der Waals surface area contributed by atoms with E-state index in [2.05, 4.69) is 43.8 Å². The zero-order valence-electron chi connectivity index (χ0n) is 9.95. The number of nitrogens with zero attached hydrogens (tertiary/aromatic N) is 1. The number of carbonyl (C=O) groups is 1. The number of nitriles is 1. The summed E-state index contributed by atoms with van der Waals surface area (Å²) >= 11 is 5.42. The first-order valence-corrected chi connectivity index (χ1v) is 7.34. The standard InChI is InChI=1S/C14H7BrFIN2O/c15-12-3-1-9(17)6-11(12)14(20)19-10-2-4-13(16)8(5-10)7-18/h1-6H,(H,19,20). The molecule has 0 aromatic heterocycles. The Morgan fingerprint density at radius 2 is 2.05 bits per heavy atom. The van der Waals surface area contributed by atoms with Gasteiger partial charge in [-0.3, -0.25) is 4.79 Å². The highest BCUT2D eigenvalue weighted by Gasteiger charge is 2.12. The van der Waals surface area contributed by atoms with Gasteiger partial charge in [0.2, 0.25) is 0 Å². The largest absolute Gasteiger partial charge is 0.322 e. The third kappa shape index (κ3) is 3.35. The van der Waals surface area contributed by atoms with Crippen LogP contribution in [0.3, 0.4) is 0 Å². The fourth-order valence-corrected chi connectivity index (χ4v) is 2.48. The first kappa shape index (κ1) is 14.9. The highest BCUT2D eigenvalue weighted by Crippen LogP contribution is 2.21. The molecule has 1 amide bonds. The molecule has 6 heteroatoms. The predicted molar refractivity (Wildman–Crippen MR) is 85.9 cm³/mol. The fourth-order valence-electron chi connectivity index (χ4n) is 1.56. The Morgan fingerprint density at radius 1 is 1.30 bits per heavy atom. The van der Waals surface area contributed by atoms with Gasteiger partial charge in [0.15, 0.2) is 0 Å². The lowest BCUT2D eigenvalue weighted by Crippen LogP contribution is -2.13. The van der Waals surface area contributed by atoms with Crippen LogP contribution >= 0.6 is 38.5 Å². The second-order valence-electron chi connectivity index (χ2n) is 3.88. The Bertz CT molecular complexity index is 728. The Hall–Kier alpha value is -1.46. The SMILES string of the molecule is N#Cc1cc(NC(=O)c2cc(I)ccc2Br)ccc1F. The smallest absolute Gasteiger partial charge is 0.256 e. The Labute approximate surface area is 137 Å². The van der Waals surface area contributed by atoms with Crippen molar-refractivity contribution in [2.75, 3.05) is 5.32 Å². The molecule has 20 heavy (non-hydrogen) atoms. The topological polar surface area (TPSA) is 52.9 Å². The van der Waals surface area contributed by atoms with Crippen LogP contribution < -0.4 is 5.32 Å². The molecule has 0 heterocycles. The lowest BCUT2D eigenvalue weighted by atomic mass is 10.2. The summed E-state index contributed by atoms with van der Waals surface area (Å²) in [6, 6.07) is 11.0. The first-order valence-electron chi connectivity index (χ1n) is 5.47. The van der Waals surface area contributed by atoms with E-state index in [1.54, 1.807) is 18.2 Å². The molecule has 2 aromatic rings. The first-order chi connectivity index (χ1) is 9.51. The van der Waals surface area contributed by atoms with Gasteiger partial charge in [-0.1, -0.05) is 0 Å². The van der Waals surface area contributed by atoms with E-state index in [4.69, 9.17) is 5.26 Å². The maximum atomic E-state index is 13.2. The molecule has 1 N–H and O–H groups in total. The number of anilines is 1. The lowest BCUT2D eigenvalue weighted by molar-refractivity contribution is 0.102. The van der Waals surface area contributed by atoms with Crippen molar-refractivity contribution in [2.45, 2.75) is 0 Å². The molecule has 0 saturated heterocycles. The summed E-state index contributed by atoms with van der Waals surface area (Å²) in [6.45, 7) is 0. The van der Waals surface area contributed by atoms with E-state index >= 15 is 0 Å². The minimum absolute atomic E-state index is 0.107. The highest BCUT2D eigenvalue weighted by molar-refractivity contribution is 14.1. The summed E-state index contributed by atoms with van der Waals surface area (Å²) in [5, 5.41) is 11.4. The van der Waals surface area contributed by atoms with Crippen LogP contribution in [0.1, 0.15) is 15.9 Å². The number of hydrogen-bond donors (Lipinski definition) is 1. The van der Waals surface area contributed by atoms with Crippen molar-refractivity contribution in [2.24, 2.45) is 0 Å².